The molecule has 134 valence electrons. The van der Waals surface area contributed by atoms with Gasteiger partial charge in [-0.15, -0.1) is 0 Å². The summed E-state index contributed by atoms with van der Waals surface area (Å²) in [4.78, 5) is 4.94. The molecule has 3 nitrogen and oxygen atoms in total. The van der Waals surface area contributed by atoms with Gasteiger partial charge in [-0.2, -0.15) is 0 Å². The van der Waals surface area contributed by atoms with Crippen molar-refractivity contribution < 1.29 is 4.74 Å². The molecule has 1 aromatic carbocycles. The highest BCUT2D eigenvalue weighted by atomic mass is 35.5. The van der Waals surface area contributed by atoms with Gasteiger partial charge in [-0.3, -0.25) is 4.90 Å². The Kier molecular flexibility index (Phi) is 6.59. The van der Waals surface area contributed by atoms with Crippen LogP contribution >= 0.6 is 11.6 Å². The number of hydrogen-bond donors (Lipinski definition) is 0. The smallest absolute Gasteiger partial charge is 0.142 e. The first-order valence-corrected chi connectivity index (χ1v) is 9.21. The zero-order valence-electron chi connectivity index (χ0n) is 15.7. The molecule has 2 atom stereocenters. The lowest BCUT2D eigenvalue weighted by molar-refractivity contribution is 0.0630. The van der Waals surface area contributed by atoms with Crippen LogP contribution in [0.3, 0.4) is 0 Å². The van der Waals surface area contributed by atoms with Gasteiger partial charge < -0.3 is 9.64 Å². The molecule has 1 aromatic rings. The summed E-state index contributed by atoms with van der Waals surface area (Å²) in [5.41, 5.74) is 1.23. The van der Waals surface area contributed by atoms with Crippen molar-refractivity contribution in [2.24, 2.45) is 5.92 Å². The van der Waals surface area contributed by atoms with Crippen LogP contribution in [0.5, 0.6) is 5.75 Å². The zero-order valence-corrected chi connectivity index (χ0v) is 16.4. The van der Waals surface area contributed by atoms with Crippen LogP contribution in [0.25, 0.3) is 0 Å². The number of hydrogen-bond acceptors (Lipinski definition) is 3. The van der Waals surface area contributed by atoms with Crippen LogP contribution in [-0.2, 0) is 0 Å². The van der Waals surface area contributed by atoms with E-state index < -0.39 is 0 Å². The van der Waals surface area contributed by atoms with Gasteiger partial charge in [0, 0.05) is 30.2 Å². The molecule has 0 amide bonds. The van der Waals surface area contributed by atoms with Crippen LogP contribution in [0.1, 0.15) is 33.6 Å². The monoisotopic (exact) mass is 350 g/mol. The molecule has 4 heteroatoms. The predicted molar refractivity (Wildman–Crippen MR) is 104 cm³/mol. The van der Waals surface area contributed by atoms with Gasteiger partial charge in [0.05, 0.1) is 12.8 Å². The lowest BCUT2D eigenvalue weighted by Crippen LogP contribution is -2.62. The van der Waals surface area contributed by atoms with Gasteiger partial charge in [-0.1, -0.05) is 30.7 Å². The Morgan fingerprint density at radius 1 is 1.38 bits per heavy atom. The lowest BCUT2D eigenvalue weighted by Gasteiger charge is -2.51. The van der Waals surface area contributed by atoms with Gasteiger partial charge >= 0.3 is 0 Å². The van der Waals surface area contributed by atoms with Crippen molar-refractivity contribution in [1.82, 2.24) is 4.90 Å². The quantitative estimate of drug-likeness (QED) is 0.682. The van der Waals surface area contributed by atoms with Crippen molar-refractivity contribution in [2.45, 2.75) is 39.2 Å². The van der Waals surface area contributed by atoms with E-state index in [-0.39, 0.29) is 5.54 Å². The molecule has 0 bridgehead atoms. The third kappa shape index (κ3) is 4.07. The Morgan fingerprint density at radius 3 is 2.79 bits per heavy atom. The Morgan fingerprint density at radius 2 is 2.12 bits per heavy atom. The Bertz CT molecular complexity index is 575. The summed E-state index contributed by atoms with van der Waals surface area (Å²) in [6.45, 7) is 9.86. The summed E-state index contributed by atoms with van der Waals surface area (Å²) in [5.74, 6) is 1.50. The van der Waals surface area contributed by atoms with Gasteiger partial charge in [-0.25, -0.2) is 0 Å². The van der Waals surface area contributed by atoms with Gasteiger partial charge in [0.15, 0.2) is 0 Å². The van der Waals surface area contributed by atoms with E-state index in [1.165, 1.54) is 6.42 Å². The van der Waals surface area contributed by atoms with Crippen molar-refractivity contribution in [3.05, 3.63) is 35.4 Å². The predicted octanol–water partition coefficient (Wildman–Crippen LogP) is 4.85. The number of piperazine rings is 1. The topological polar surface area (TPSA) is 15.7 Å². The number of nitrogens with zero attached hydrogens (tertiary/aromatic N) is 2. The molecule has 1 heterocycles. The molecule has 1 fully saturated rings. The molecule has 0 saturated carbocycles. The Balaban J connectivity index is 2.22. The van der Waals surface area contributed by atoms with E-state index in [0.717, 1.165) is 42.5 Å². The molecular weight excluding hydrogens is 320 g/mol. The zero-order chi connectivity index (χ0) is 17.7. The van der Waals surface area contributed by atoms with Crippen LogP contribution in [-0.4, -0.2) is 44.2 Å². The van der Waals surface area contributed by atoms with Gasteiger partial charge in [-0.05, 0) is 57.9 Å². The highest BCUT2D eigenvalue weighted by Crippen LogP contribution is 2.37. The van der Waals surface area contributed by atoms with Crippen LogP contribution in [0, 0.1) is 5.92 Å². The first-order valence-electron chi connectivity index (χ1n) is 8.83. The SMILES string of the molecule is CC=CCCC(C)C1(C)CN(c2cc(Cl)ccc2OC)CCN1C. The van der Waals surface area contributed by atoms with Crippen LogP contribution in [0.15, 0.2) is 30.4 Å². The van der Waals surface area contributed by atoms with E-state index >= 15 is 0 Å². The van der Waals surface area contributed by atoms with E-state index in [0.29, 0.717) is 5.92 Å². The third-order valence-electron chi connectivity index (χ3n) is 5.63. The van der Waals surface area contributed by atoms with Crippen molar-refractivity contribution in [1.29, 1.82) is 0 Å². The number of halogens is 1. The minimum absolute atomic E-state index is 0.132. The molecule has 2 unspecified atom stereocenters. The number of benzene rings is 1. The number of methoxy groups -OCH3 is 1. The molecule has 24 heavy (non-hydrogen) atoms. The molecule has 0 spiro atoms. The van der Waals surface area contributed by atoms with Crippen molar-refractivity contribution >= 4 is 17.3 Å². The minimum Gasteiger partial charge on any atom is -0.495 e. The maximum atomic E-state index is 6.24. The number of rotatable bonds is 6. The molecule has 2 rings (SSSR count). The molecule has 0 N–H and O–H groups in total. The average Bonchev–Trinajstić information content (AvgIpc) is 2.57. The highest BCUT2D eigenvalue weighted by Gasteiger charge is 2.40. The largest absolute Gasteiger partial charge is 0.495 e. The highest BCUT2D eigenvalue weighted by molar-refractivity contribution is 6.30. The summed E-state index contributed by atoms with van der Waals surface area (Å²) in [5, 5.41) is 0.757. The van der Waals surface area contributed by atoms with Crippen LogP contribution in [0.4, 0.5) is 5.69 Å². The standard InChI is InChI=1S/C20H31ClN2O/c1-6-7-8-9-16(2)20(3)15-23(13-12-22(20)4)18-14-17(21)10-11-19(18)24-5/h6-7,10-11,14,16H,8-9,12-13,15H2,1-5H3. The molecule has 0 aliphatic carbocycles. The van der Waals surface area contributed by atoms with Crippen molar-refractivity contribution in [3.63, 3.8) is 0 Å². The van der Waals surface area contributed by atoms with Crippen molar-refractivity contribution in [3.8, 4) is 5.75 Å². The number of likely N-dealkylation sites (N-methyl/N-ethyl adjacent to an activating group) is 1. The van der Waals surface area contributed by atoms with Gasteiger partial charge in [0.1, 0.15) is 5.75 Å². The average molecular weight is 351 g/mol. The Hall–Kier alpha value is -1.19. The second kappa shape index (κ2) is 8.26. The Labute approximate surface area is 152 Å². The normalized spacial score (nSPS) is 23.7. The van der Waals surface area contributed by atoms with Crippen molar-refractivity contribution in [2.75, 3.05) is 38.7 Å². The fourth-order valence-corrected chi connectivity index (χ4v) is 3.75. The second-order valence-corrected chi connectivity index (χ2v) is 7.50. The van der Waals surface area contributed by atoms with E-state index in [2.05, 4.69) is 49.8 Å². The number of anilines is 1. The molecule has 0 aromatic heterocycles. The fraction of sp³-hybridized carbons (Fsp3) is 0.600. The van der Waals surface area contributed by atoms with Gasteiger partial charge in [0.25, 0.3) is 0 Å². The van der Waals surface area contributed by atoms with E-state index in [9.17, 15) is 0 Å². The number of ether oxygens (including phenoxy) is 1. The molecule has 1 saturated heterocycles. The molecular formula is C20H31ClN2O. The van der Waals surface area contributed by atoms with Gasteiger partial charge in [0.2, 0.25) is 0 Å². The van der Waals surface area contributed by atoms with E-state index in [4.69, 9.17) is 16.3 Å². The summed E-state index contributed by atoms with van der Waals surface area (Å²) < 4.78 is 5.57. The fourth-order valence-electron chi connectivity index (χ4n) is 3.58. The van der Waals surface area contributed by atoms with Crippen LogP contribution < -0.4 is 9.64 Å². The minimum atomic E-state index is 0.132. The molecule has 1 aliphatic rings. The van der Waals surface area contributed by atoms with Crippen LogP contribution in [0.2, 0.25) is 5.02 Å². The summed E-state index contributed by atoms with van der Waals surface area (Å²) >= 11 is 6.24. The number of allylic oxidation sites excluding steroid dienone is 2. The summed E-state index contributed by atoms with van der Waals surface area (Å²) in [6, 6.07) is 5.87. The summed E-state index contributed by atoms with van der Waals surface area (Å²) in [6.07, 6.45) is 6.75. The summed E-state index contributed by atoms with van der Waals surface area (Å²) in [7, 11) is 3.97. The molecule has 0 radical (unpaired) electrons. The first kappa shape index (κ1) is 19.1. The second-order valence-electron chi connectivity index (χ2n) is 7.06. The van der Waals surface area contributed by atoms with E-state index in [1.807, 2.05) is 18.2 Å². The molecule has 1 aliphatic heterocycles. The lowest BCUT2D eigenvalue weighted by atomic mass is 9.80. The maximum Gasteiger partial charge on any atom is 0.142 e. The first-order chi connectivity index (χ1) is 11.4. The maximum absolute atomic E-state index is 6.24. The third-order valence-corrected chi connectivity index (χ3v) is 5.87. The van der Waals surface area contributed by atoms with E-state index in [1.54, 1.807) is 7.11 Å².